The zero-order valence-electron chi connectivity index (χ0n) is 12.7. The Morgan fingerprint density at radius 2 is 2.10 bits per heavy atom. The molecule has 20 heavy (non-hydrogen) atoms. The summed E-state index contributed by atoms with van der Waals surface area (Å²) in [6.45, 7) is 5.55. The Balaban J connectivity index is 2.04. The molecule has 1 aliphatic carbocycles. The van der Waals surface area contributed by atoms with Crippen LogP contribution in [0.4, 0.5) is 0 Å². The maximum Gasteiger partial charge on any atom is 0.226 e. The van der Waals surface area contributed by atoms with Crippen LogP contribution >= 0.6 is 0 Å². The number of hydrogen-bond donors (Lipinski definition) is 1. The Kier molecular flexibility index (Phi) is 5.54. The monoisotopic (exact) mass is 281 g/mol. The van der Waals surface area contributed by atoms with Crippen molar-refractivity contribution >= 4 is 0 Å². The Morgan fingerprint density at radius 3 is 2.75 bits per heavy atom. The first-order valence-corrected chi connectivity index (χ1v) is 7.87. The summed E-state index contributed by atoms with van der Waals surface area (Å²) in [4.78, 5) is 4.59. The van der Waals surface area contributed by atoms with Crippen molar-refractivity contribution in [2.75, 3.05) is 13.2 Å². The highest BCUT2D eigenvalue weighted by molar-refractivity contribution is 5.03. The van der Waals surface area contributed by atoms with E-state index in [4.69, 9.17) is 15.0 Å². The molecule has 5 heteroatoms. The van der Waals surface area contributed by atoms with Gasteiger partial charge in [-0.1, -0.05) is 31.3 Å². The van der Waals surface area contributed by atoms with Gasteiger partial charge in [-0.25, -0.2) is 0 Å². The van der Waals surface area contributed by atoms with Gasteiger partial charge >= 0.3 is 0 Å². The Hall–Kier alpha value is -0.940. The number of nitrogens with two attached hydrogens (primary N) is 1. The Bertz CT molecular complexity index is 394. The number of hydrogen-bond acceptors (Lipinski definition) is 5. The molecule has 114 valence electrons. The van der Waals surface area contributed by atoms with Gasteiger partial charge in [-0.3, -0.25) is 0 Å². The Labute approximate surface area is 121 Å². The summed E-state index contributed by atoms with van der Waals surface area (Å²) in [5.74, 6) is 1.94. The van der Waals surface area contributed by atoms with E-state index in [0.717, 1.165) is 31.5 Å². The lowest BCUT2D eigenvalue weighted by Crippen LogP contribution is -2.33. The van der Waals surface area contributed by atoms with E-state index in [9.17, 15) is 0 Å². The topological polar surface area (TPSA) is 74.2 Å². The van der Waals surface area contributed by atoms with E-state index in [2.05, 4.69) is 17.1 Å². The second-order valence-corrected chi connectivity index (χ2v) is 5.88. The molecule has 1 saturated carbocycles. The molecule has 1 unspecified atom stereocenters. The average Bonchev–Trinajstić information content (AvgIpc) is 2.95. The third-order valence-electron chi connectivity index (χ3n) is 4.21. The van der Waals surface area contributed by atoms with E-state index in [1.54, 1.807) is 0 Å². The van der Waals surface area contributed by atoms with Crippen LogP contribution in [-0.2, 0) is 16.8 Å². The summed E-state index contributed by atoms with van der Waals surface area (Å²) in [5.41, 5.74) is 5.32. The van der Waals surface area contributed by atoms with Gasteiger partial charge in [0, 0.05) is 13.0 Å². The maximum atomic E-state index is 6.01. The third kappa shape index (κ3) is 3.58. The summed E-state index contributed by atoms with van der Waals surface area (Å²) in [7, 11) is 0. The lowest BCUT2D eigenvalue weighted by molar-refractivity contribution is -0.0777. The summed E-state index contributed by atoms with van der Waals surface area (Å²) >= 11 is 0. The summed E-state index contributed by atoms with van der Waals surface area (Å²) in [5, 5.41) is 4.19. The second-order valence-electron chi connectivity index (χ2n) is 5.88. The standard InChI is InChI=1S/C15H27N3O2/c1-3-19-15(9-5-4-6-10-15)14-17-13(20-18-14)8-7-12(2)11-16/h12H,3-11,16H2,1-2H3. The van der Waals surface area contributed by atoms with Crippen molar-refractivity contribution in [3.63, 3.8) is 0 Å². The summed E-state index contributed by atoms with van der Waals surface area (Å²) in [6.07, 6.45) is 7.40. The predicted octanol–water partition coefficient (Wildman–Crippen LogP) is 2.79. The predicted molar refractivity (Wildman–Crippen MR) is 77.2 cm³/mol. The molecule has 1 aromatic heterocycles. The van der Waals surface area contributed by atoms with Gasteiger partial charge in [-0.15, -0.1) is 0 Å². The van der Waals surface area contributed by atoms with Crippen molar-refractivity contribution in [2.24, 2.45) is 11.7 Å². The van der Waals surface area contributed by atoms with Gasteiger partial charge in [-0.05, 0) is 38.6 Å². The van der Waals surface area contributed by atoms with Crippen LogP contribution in [0.2, 0.25) is 0 Å². The molecule has 1 heterocycles. The number of aromatic nitrogens is 2. The van der Waals surface area contributed by atoms with Gasteiger partial charge in [0.2, 0.25) is 11.7 Å². The van der Waals surface area contributed by atoms with E-state index < -0.39 is 0 Å². The quantitative estimate of drug-likeness (QED) is 0.832. The van der Waals surface area contributed by atoms with Gasteiger partial charge in [0.1, 0.15) is 5.60 Å². The number of rotatable bonds is 7. The van der Waals surface area contributed by atoms with Gasteiger partial charge in [-0.2, -0.15) is 4.98 Å². The van der Waals surface area contributed by atoms with Gasteiger partial charge in [0.15, 0.2) is 0 Å². The van der Waals surface area contributed by atoms with Crippen LogP contribution in [0.25, 0.3) is 0 Å². The fourth-order valence-electron chi connectivity index (χ4n) is 2.86. The molecular weight excluding hydrogens is 254 g/mol. The fraction of sp³-hybridized carbons (Fsp3) is 0.867. The van der Waals surface area contributed by atoms with E-state index in [0.29, 0.717) is 25.0 Å². The molecule has 0 aromatic carbocycles. The molecule has 1 aromatic rings. The van der Waals surface area contributed by atoms with Crippen LogP contribution < -0.4 is 5.73 Å². The molecule has 0 saturated heterocycles. The largest absolute Gasteiger partial charge is 0.367 e. The van der Waals surface area contributed by atoms with Crippen molar-refractivity contribution in [3.05, 3.63) is 11.7 Å². The number of nitrogens with zero attached hydrogens (tertiary/aromatic N) is 2. The minimum Gasteiger partial charge on any atom is -0.367 e. The number of ether oxygens (including phenoxy) is 1. The Morgan fingerprint density at radius 1 is 1.35 bits per heavy atom. The molecule has 1 atom stereocenters. The van der Waals surface area contributed by atoms with Crippen molar-refractivity contribution in [2.45, 2.75) is 64.4 Å². The van der Waals surface area contributed by atoms with Crippen molar-refractivity contribution in [1.82, 2.24) is 10.1 Å². The summed E-state index contributed by atoms with van der Waals surface area (Å²) < 4.78 is 11.4. The van der Waals surface area contributed by atoms with Crippen LogP contribution in [0, 0.1) is 5.92 Å². The van der Waals surface area contributed by atoms with Crippen LogP contribution in [0.1, 0.15) is 64.1 Å². The van der Waals surface area contributed by atoms with Gasteiger partial charge in [0.05, 0.1) is 0 Å². The molecular formula is C15H27N3O2. The van der Waals surface area contributed by atoms with Crippen molar-refractivity contribution in [1.29, 1.82) is 0 Å². The first-order chi connectivity index (χ1) is 9.70. The van der Waals surface area contributed by atoms with Crippen LogP contribution in [0.3, 0.4) is 0 Å². The highest BCUT2D eigenvalue weighted by atomic mass is 16.5. The lowest BCUT2D eigenvalue weighted by Gasteiger charge is -2.33. The van der Waals surface area contributed by atoms with Crippen molar-refractivity contribution in [3.8, 4) is 0 Å². The molecule has 0 amide bonds. The van der Waals surface area contributed by atoms with Gasteiger partial charge in [0.25, 0.3) is 0 Å². The van der Waals surface area contributed by atoms with E-state index in [-0.39, 0.29) is 5.60 Å². The molecule has 0 spiro atoms. The molecule has 2 rings (SSSR count). The smallest absolute Gasteiger partial charge is 0.226 e. The lowest BCUT2D eigenvalue weighted by atomic mass is 9.84. The first-order valence-electron chi connectivity index (χ1n) is 7.87. The zero-order valence-corrected chi connectivity index (χ0v) is 12.7. The number of aryl methyl sites for hydroxylation is 1. The minimum atomic E-state index is -0.311. The van der Waals surface area contributed by atoms with Crippen molar-refractivity contribution < 1.29 is 9.26 Å². The molecule has 0 radical (unpaired) electrons. The minimum absolute atomic E-state index is 0.311. The van der Waals surface area contributed by atoms with Crippen LogP contribution in [0.15, 0.2) is 4.52 Å². The maximum absolute atomic E-state index is 6.01. The highest BCUT2D eigenvalue weighted by Gasteiger charge is 2.39. The third-order valence-corrected chi connectivity index (χ3v) is 4.21. The molecule has 0 aliphatic heterocycles. The van der Waals surface area contributed by atoms with E-state index in [1.807, 2.05) is 6.92 Å². The fourth-order valence-corrected chi connectivity index (χ4v) is 2.86. The van der Waals surface area contributed by atoms with Crippen LogP contribution in [0.5, 0.6) is 0 Å². The highest BCUT2D eigenvalue weighted by Crippen LogP contribution is 2.39. The van der Waals surface area contributed by atoms with E-state index >= 15 is 0 Å². The molecule has 1 fully saturated rings. The SMILES string of the molecule is CCOC1(c2noc(CCC(C)CN)n2)CCCCC1. The first kappa shape index (κ1) is 15.4. The molecule has 0 bridgehead atoms. The molecule has 2 N–H and O–H groups in total. The normalized spacial score (nSPS) is 19.9. The molecule has 5 nitrogen and oxygen atoms in total. The zero-order chi connectivity index (χ0) is 14.4. The van der Waals surface area contributed by atoms with E-state index in [1.165, 1.54) is 19.3 Å². The second kappa shape index (κ2) is 7.18. The molecule has 1 aliphatic rings. The van der Waals surface area contributed by atoms with Gasteiger partial charge < -0.3 is 15.0 Å². The average molecular weight is 281 g/mol. The van der Waals surface area contributed by atoms with Crippen LogP contribution in [-0.4, -0.2) is 23.3 Å². The summed E-state index contributed by atoms with van der Waals surface area (Å²) in [6, 6.07) is 0.